The topological polar surface area (TPSA) is 102 Å². The normalized spacial score (nSPS) is 11.1. The van der Waals surface area contributed by atoms with E-state index in [9.17, 15) is 9.59 Å². The molecular weight excluding hydrogens is 394 g/mol. The number of aromatic nitrogens is 3. The van der Waals surface area contributed by atoms with Gasteiger partial charge in [-0.05, 0) is 63.2 Å². The van der Waals surface area contributed by atoms with Crippen molar-refractivity contribution in [1.82, 2.24) is 20.1 Å². The number of nitrogens with zero attached hydrogens (tertiary/aromatic N) is 3. The van der Waals surface area contributed by atoms with Gasteiger partial charge in [0.2, 0.25) is 0 Å². The minimum atomic E-state index is -0.297. The maximum absolute atomic E-state index is 13.2. The van der Waals surface area contributed by atoms with E-state index < -0.39 is 0 Å². The number of nitrogens with one attached hydrogen (secondary N) is 2. The molecule has 0 saturated heterocycles. The van der Waals surface area contributed by atoms with Gasteiger partial charge in [0, 0.05) is 23.8 Å². The van der Waals surface area contributed by atoms with E-state index in [2.05, 4.69) is 20.7 Å². The molecule has 158 valence electrons. The summed E-state index contributed by atoms with van der Waals surface area (Å²) in [6.45, 7) is 6.42. The Morgan fingerprint density at radius 2 is 1.90 bits per heavy atom. The number of amides is 2. The van der Waals surface area contributed by atoms with Crippen LogP contribution in [-0.4, -0.2) is 33.1 Å². The highest BCUT2D eigenvalue weighted by atomic mass is 16.3. The summed E-state index contributed by atoms with van der Waals surface area (Å²) >= 11 is 0. The summed E-state index contributed by atoms with van der Waals surface area (Å²) < 4.78 is 7.27. The van der Waals surface area contributed by atoms with Gasteiger partial charge in [0.15, 0.2) is 11.4 Å². The van der Waals surface area contributed by atoms with Gasteiger partial charge in [-0.25, -0.2) is 9.67 Å². The van der Waals surface area contributed by atoms with Crippen LogP contribution in [0.15, 0.2) is 59.3 Å². The van der Waals surface area contributed by atoms with Crippen LogP contribution in [0, 0.1) is 0 Å². The smallest absolute Gasteiger partial charge is 0.256 e. The van der Waals surface area contributed by atoms with Gasteiger partial charge in [-0.15, -0.1) is 0 Å². The lowest BCUT2D eigenvalue weighted by Gasteiger charge is -2.10. The van der Waals surface area contributed by atoms with Gasteiger partial charge >= 0.3 is 0 Å². The van der Waals surface area contributed by atoms with Crippen molar-refractivity contribution in [3.05, 3.63) is 66.1 Å². The van der Waals surface area contributed by atoms with E-state index in [-0.39, 0.29) is 17.9 Å². The minimum Gasteiger partial charge on any atom is -0.463 e. The highest BCUT2D eigenvalue weighted by Crippen LogP contribution is 2.27. The Kier molecular flexibility index (Phi) is 5.53. The molecule has 0 bridgehead atoms. The average molecular weight is 417 g/mol. The van der Waals surface area contributed by atoms with E-state index in [1.165, 1.54) is 0 Å². The minimum absolute atomic E-state index is 0.0783. The molecule has 0 aliphatic carbocycles. The number of fused-ring (bicyclic) bond motifs is 1. The van der Waals surface area contributed by atoms with Crippen molar-refractivity contribution in [2.45, 2.75) is 26.8 Å². The molecule has 0 aliphatic rings. The molecule has 3 heterocycles. The molecule has 8 heteroatoms. The lowest BCUT2D eigenvalue weighted by molar-refractivity contribution is 0.0955. The van der Waals surface area contributed by atoms with Crippen LogP contribution >= 0.6 is 0 Å². The Hall–Kier alpha value is -3.94. The fraction of sp³-hybridized carbons (Fsp3) is 0.217. The van der Waals surface area contributed by atoms with Crippen molar-refractivity contribution >= 4 is 28.5 Å². The van der Waals surface area contributed by atoms with Crippen LogP contribution in [0.25, 0.3) is 22.5 Å². The predicted octanol–water partition coefficient (Wildman–Crippen LogP) is 4.27. The van der Waals surface area contributed by atoms with Gasteiger partial charge in [0.25, 0.3) is 11.8 Å². The zero-order chi connectivity index (χ0) is 22.0. The van der Waals surface area contributed by atoms with E-state index >= 15 is 0 Å². The first kappa shape index (κ1) is 20.3. The molecule has 4 rings (SSSR count). The number of carbonyl (C=O) groups is 2. The number of benzene rings is 1. The fourth-order valence-corrected chi connectivity index (χ4v) is 3.30. The van der Waals surface area contributed by atoms with E-state index in [4.69, 9.17) is 4.42 Å². The molecular formula is C23H23N5O3. The fourth-order valence-electron chi connectivity index (χ4n) is 3.30. The zero-order valence-corrected chi connectivity index (χ0v) is 17.5. The SMILES string of the molecule is CCNC(=O)c1ccc(NC(=O)c2cc(-c3ccco3)nc3c2cnn3C(C)C)cc1. The molecule has 0 unspecified atom stereocenters. The molecule has 4 aromatic rings. The summed E-state index contributed by atoms with van der Waals surface area (Å²) in [7, 11) is 0. The van der Waals surface area contributed by atoms with Gasteiger partial charge in [-0.3, -0.25) is 9.59 Å². The van der Waals surface area contributed by atoms with Crippen LogP contribution in [0.5, 0.6) is 0 Å². The summed E-state index contributed by atoms with van der Waals surface area (Å²) in [5.41, 5.74) is 2.72. The molecule has 0 spiro atoms. The van der Waals surface area contributed by atoms with Crippen molar-refractivity contribution in [2.75, 3.05) is 11.9 Å². The third-order valence-corrected chi connectivity index (χ3v) is 4.82. The van der Waals surface area contributed by atoms with E-state index in [1.807, 2.05) is 20.8 Å². The number of anilines is 1. The van der Waals surface area contributed by atoms with Gasteiger partial charge in [-0.1, -0.05) is 0 Å². The maximum atomic E-state index is 13.2. The Morgan fingerprint density at radius 1 is 1.13 bits per heavy atom. The van der Waals surface area contributed by atoms with Gasteiger partial charge in [0.05, 0.1) is 23.4 Å². The van der Waals surface area contributed by atoms with E-state index in [1.54, 1.807) is 59.6 Å². The van der Waals surface area contributed by atoms with Crippen molar-refractivity contribution < 1.29 is 14.0 Å². The highest BCUT2D eigenvalue weighted by molar-refractivity contribution is 6.12. The van der Waals surface area contributed by atoms with Crippen LogP contribution in [-0.2, 0) is 0 Å². The standard InChI is InChI=1S/C23H23N5O3/c1-4-24-22(29)15-7-9-16(10-8-15)26-23(30)17-12-19(20-6-5-11-31-20)27-21-18(17)13-25-28(21)14(2)3/h5-14H,4H2,1-3H3,(H,24,29)(H,26,30). The molecule has 8 nitrogen and oxygen atoms in total. The van der Waals surface area contributed by atoms with E-state index in [0.717, 1.165) is 0 Å². The molecule has 0 aliphatic heterocycles. The average Bonchev–Trinajstić information content (AvgIpc) is 3.43. The van der Waals surface area contributed by atoms with Crippen molar-refractivity contribution in [3.8, 4) is 11.5 Å². The van der Waals surface area contributed by atoms with Gasteiger partial charge < -0.3 is 15.1 Å². The van der Waals surface area contributed by atoms with Crippen LogP contribution in [0.1, 0.15) is 47.5 Å². The monoisotopic (exact) mass is 417 g/mol. The van der Waals surface area contributed by atoms with Crippen LogP contribution in [0.3, 0.4) is 0 Å². The quantitative estimate of drug-likeness (QED) is 0.488. The Bertz CT molecular complexity index is 1220. The van der Waals surface area contributed by atoms with E-state index in [0.29, 0.717) is 45.8 Å². The molecule has 1 aromatic carbocycles. The molecule has 0 radical (unpaired) electrons. The molecule has 0 fully saturated rings. The van der Waals surface area contributed by atoms with Crippen molar-refractivity contribution in [3.63, 3.8) is 0 Å². The summed E-state index contributed by atoms with van der Waals surface area (Å²) in [5, 5.41) is 10.7. The number of rotatable bonds is 6. The van der Waals surface area contributed by atoms with Crippen LogP contribution < -0.4 is 10.6 Å². The molecule has 2 N–H and O–H groups in total. The number of hydrogen-bond acceptors (Lipinski definition) is 5. The Balaban J connectivity index is 1.69. The Labute approximate surface area is 179 Å². The van der Waals surface area contributed by atoms with Crippen LogP contribution in [0.4, 0.5) is 5.69 Å². The molecule has 31 heavy (non-hydrogen) atoms. The number of furan rings is 1. The van der Waals surface area contributed by atoms with Crippen LogP contribution in [0.2, 0.25) is 0 Å². The first-order chi connectivity index (χ1) is 15.0. The molecule has 0 atom stereocenters. The van der Waals surface area contributed by atoms with Crippen molar-refractivity contribution in [2.24, 2.45) is 0 Å². The Morgan fingerprint density at radius 3 is 2.55 bits per heavy atom. The predicted molar refractivity (Wildman–Crippen MR) is 118 cm³/mol. The second-order valence-corrected chi connectivity index (χ2v) is 7.34. The van der Waals surface area contributed by atoms with Crippen molar-refractivity contribution in [1.29, 1.82) is 0 Å². The number of hydrogen-bond donors (Lipinski definition) is 2. The zero-order valence-electron chi connectivity index (χ0n) is 17.5. The lowest BCUT2D eigenvalue weighted by Crippen LogP contribution is -2.22. The third kappa shape index (κ3) is 4.05. The summed E-state index contributed by atoms with van der Waals surface area (Å²) in [6.07, 6.45) is 3.22. The van der Waals surface area contributed by atoms with Gasteiger partial charge in [0.1, 0.15) is 5.69 Å². The summed E-state index contributed by atoms with van der Waals surface area (Å²) in [6, 6.07) is 12.1. The molecule has 2 amide bonds. The van der Waals surface area contributed by atoms with Gasteiger partial charge in [-0.2, -0.15) is 5.10 Å². The number of pyridine rings is 1. The molecule has 3 aromatic heterocycles. The number of carbonyl (C=O) groups excluding carboxylic acids is 2. The second kappa shape index (κ2) is 8.43. The second-order valence-electron chi connectivity index (χ2n) is 7.34. The summed E-state index contributed by atoms with van der Waals surface area (Å²) in [4.78, 5) is 29.8. The third-order valence-electron chi connectivity index (χ3n) is 4.82. The lowest BCUT2D eigenvalue weighted by atomic mass is 10.1. The first-order valence-electron chi connectivity index (χ1n) is 10.1. The first-order valence-corrected chi connectivity index (χ1v) is 10.1. The highest BCUT2D eigenvalue weighted by Gasteiger charge is 2.19. The largest absolute Gasteiger partial charge is 0.463 e. The molecule has 0 saturated carbocycles. The maximum Gasteiger partial charge on any atom is 0.256 e. The summed E-state index contributed by atoms with van der Waals surface area (Å²) in [5.74, 6) is 0.119.